The van der Waals surface area contributed by atoms with Crippen molar-refractivity contribution in [3.05, 3.63) is 35.5 Å². The van der Waals surface area contributed by atoms with Crippen LogP contribution in [0.15, 0.2) is 18.7 Å². The first-order valence-electron chi connectivity index (χ1n) is 9.38. The van der Waals surface area contributed by atoms with E-state index < -0.39 is 41.6 Å². The highest BCUT2D eigenvalue weighted by molar-refractivity contribution is 5.49. The van der Waals surface area contributed by atoms with Gasteiger partial charge >= 0.3 is 12.4 Å². The molecule has 0 unspecified atom stereocenters. The van der Waals surface area contributed by atoms with Crippen LogP contribution >= 0.6 is 0 Å². The van der Waals surface area contributed by atoms with Gasteiger partial charge in [-0.1, -0.05) is 0 Å². The molecule has 170 valence electrons. The highest BCUT2D eigenvalue weighted by atomic mass is 19.4. The Morgan fingerprint density at radius 3 is 2.35 bits per heavy atom. The van der Waals surface area contributed by atoms with E-state index in [-0.39, 0.29) is 17.6 Å². The quantitative estimate of drug-likeness (QED) is 0.592. The van der Waals surface area contributed by atoms with Crippen molar-refractivity contribution in [2.45, 2.75) is 63.1 Å². The molecule has 2 aromatic heterocycles. The molecule has 1 aliphatic carbocycles. The summed E-state index contributed by atoms with van der Waals surface area (Å²) in [5, 5.41) is 15.2. The molecule has 0 radical (unpaired) electrons. The standard InChI is InChI=1S/C18H20F6N6O/c1-16(31)4-2-11(3-5-16)29-14-12(17(19,20)21)8-27-15(30-14)26-7-10-6-25-9-28-13(10)18(22,23)24/h6,8-9,11,31H,2-5,7H2,1H3,(H2,26,27,29,30). The molecule has 0 bridgehead atoms. The van der Waals surface area contributed by atoms with Gasteiger partial charge in [-0.2, -0.15) is 31.3 Å². The second-order valence-electron chi connectivity index (χ2n) is 7.62. The minimum absolute atomic E-state index is 0.282. The number of rotatable bonds is 5. The molecule has 0 atom stereocenters. The number of hydrogen-bond acceptors (Lipinski definition) is 7. The van der Waals surface area contributed by atoms with Crippen LogP contribution in [0, 0.1) is 0 Å². The second kappa shape index (κ2) is 8.44. The van der Waals surface area contributed by atoms with E-state index in [0.717, 1.165) is 12.5 Å². The number of aromatic nitrogens is 4. The van der Waals surface area contributed by atoms with Crippen LogP contribution in [0.2, 0.25) is 0 Å². The van der Waals surface area contributed by atoms with E-state index in [4.69, 9.17) is 0 Å². The third-order valence-electron chi connectivity index (χ3n) is 4.99. The zero-order chi connectivity index (χ0) is 22.9. The Labute approximate surface area is 173 Å². The van der Waals surface area contributed by atoms with Gasteiger partial charge in [-0.25, -0.2) is 15.0 Å². The Kier molecular flexibility index (Phi) is 6.25. The molecule has 0 saturated heterocycles. The smallest absolute Gasteiger partial charge is 0.390 e. The van der Waals surface area contributed by atoms with Crippen LogP contribution in [0.4, 0.5) is 38.1 Å². The summed E-state index contributed by atoms with van der Waals surface area (Å²) in [4.78, 5) is 14.2. The molecule has 1 saturated carbocycles. The number of nitrogens with zero attached hydrogens (tertiary/aromatic N) is 4. The molecule has 2 aromatic rings. The highest BCUT2D eigenvalue weighted by Crippen LogP contribution is 2.36. The molecule has 0 aliphatic heterocycles. The number of aliphatic hydroxyl groups is 1. The van der Waals surface area contributed by atoms with Crippen LogP contribution in [0.1, 0.15) is 49.4 Å². The Morgan fingerprint density at radius 2 is 1.74 bits per heavy atom. The molecule has 0 amide bonds. The molecule has 0 spiro atoms. The first-order valence-corrected chi connectivity index (χ1v) is 9.38. The van der Waals surface area contributed by atoms with Gasteiger partial charge in [0.05, 0.1) is 5.60 Å². The van der Waals surface area contributed by atoms with Gasteiger partial charge in [0.1, 0.15) is 17.7 Å². The van der Waals surface area contributed by atoms with Crippen LogP contribution < -0.4 is 10.6 Å². The van der Waals surface area contributed by atoms with Crippen LogP contribution in [0.3, 0.4) is 0 Å². The summed E-state index contributed by atoms with van der Waals surface area (Å²) in [5.41, 5.74) is -3.41. The molecule has 7 nitrogen and oxygen atoms in total. The van der Waals surface area contributed by atoms with E-state index in [9.17, 15) is 31.4 Å². The summed E-state index contributed by atoms with van der Waals surface area (Å²) in [7, 11) is 0. The van der Waals surface area contributed by atoms with Crippen molar-refractivity contribution in [3.63, 3.8) is 0 Å². The zero-order valence-corrected chi connectivity index (χ0v) is 16.3. The minimum atomic E-state index is -4.72. The van der Waals surface area contributed by atoms with Crippen molar-refractivity contribution >= 4 is 11.8 Å². The summed E-state index contributed by atoms with van der Waals surface area (Å²) in [6.45, 7) is 1.23. The number of alkyl halides is 6. The number of halogens is 6. The number of nitrogens with one attached hydrogen (secondary N) is 2. The van der Waals surface area contributed by atoms with Crippen LogP contribution in [0.25, 0.3) is 0 Å². The lowest BCUT2D eigenvalue weighted by Crippen LogP contribution is -2.36. The van der Waals surface area contributed by atoms with Gasteiger partial charge in [0.2, 0.25) is 5.95 Å². The summed E-state index contributed by atoms with van der Waals surface area (Å²) in [6.07, 6.45) is -5.45. The molecule has 1 aliphatic rings. The van der Waals surface area contributed by atoms with Crippen LogP contribution in [-0.4, -0.2) is 36.7 Å². The Morgan fingerprint density at radius 1 is 1.06 bits per heavy atom. The minimum Gasteiger partial charge on any atom is -0.390 e. The average Bonchev–Trinajstić information content (AvgIpc) is 2.67. The summed E-state index contributed by atoms with van der Waals surface area (Å²) >= 11 is 0. The maximum Gasteiger partial charge on any atom is 0.433 e. The summed E-state index contributed by atoms with van der Waals surface area (Å²) in [5.74, 6) is -0.757. The van der Waals surface area contributed by atoms with Crippen LogP contribution in [0.5, 0.6) is 0 Å². The van der Waals surface area contributed by atoms with E-state index in [0.29, 0.717) is 31.9 Å². The van der Waals surface area contributed by atoms with Gasteiger partial charge in [-0.05, 0) is 32.6 Å². The molecule has 3 rings (SSSR count). The van der Waals surface area contributed by atoms with Crippen molar-refractivity contribution in [2.75, 3.05) is 10.6 Å². The lowest BCUT2D eigenvalue weighted by molar-refractivity contribution is -0.142. The first kappa shape index (κ1) is 23.0. The Bertz CT molecular complexity index is 907. The van der Waals surface area contributed by atoms with Crippen molar-refractivity contribution in [2.24, 2.45) is 0 Å². The normalized spacial score (nSPS) is 22.3. The lowest BCUT2D eigenvalue weighted by Gasteiger charge is -2.34. The lowest BCUT2D eigenvalue weighted by atomic mass is 9.83. The molecular formula is C18H20F6N6O. The first-order chi connectivity index (χ1) is 14.4. The van der Waals surface area contributed by atoms with E-state index in [1.165, 1.54) is 0 Å². The number of anilines is 2. The Hall–Kier alpha value is -2.70. The molecule has 31 heavy (non-hydrogen) atoms. The predicted molar refractivity (Wildman–Crippen MR) is 97.9 cm³/mol. The highest BCUT2D eigenvalue weighted by Gasteiger charge is 2.37. The predicted octanol–water partition coefficient (Wildman–Crippen LogP) is 4.02. The number of hydrogen-bond donors (Lipinski definition) is 3. The molecule has 3 N–H and O–H groups in total. The van der Waals surface area contributed by atoms with Gasteiger partial charge in [0, 0.05) is 30.5 Å². The van der Waals surface area contributed by atoms with E-state index in [2.05, 4.69) is 30.6 Å². The fraction of sp³-hybridized carbons (Fsp3) is 0.556. The molecule has 0 aromatic carbocycles. The van der Waals surface area contributed by atoms with Crippen molar-refractivity contribution in [1.82, 2.24) is 19.9 Å². The van der Waals surface area contributed by atoms with Gasteiger partial charge in [0.25, 0.3) is 0 Å². The van der Waals surface area contributed by atoms with Gasteiger partial charge in [0.15, 0.2) is 5.69 Å². The van der Waals surface area contributed by atoms with E-state index in [1.54, 1.807) is 6.92 Å². The monoisotopic (exact) mass is 450 g/mol. The van der Waals surface area contributed by atoms with Gasteiger partial charge in [-0.15, -0.1) is 0 Å². The molecule has 2 heterocycles. The fourth-order valence-electron chi connectivity index (χ4n) is 3.28. The zero-order valence-electron chi connectivity index (χ0n) is 16.3. The summed E-state index contributed by atoms with van der Waals surface area (Å²) < 4.78 is 79.2. The van der Waals surface area contributed by atoms with Gasteiger partial charge < -0.3 is 15.7 Å². The third-order valence-corrected chi connectivity index (χ3v) is 4.99. The van der Waals surface area contributed by atoms with Gasteiger partial charge in [-0.3, -0.25) is 0 Å². The second-order valence-corrected chi connectivity index (χ2v) is 7.62. The van der Waals surface area contributed by atoms with Crippen molar-refractivity contribution in [1.29, 1.82) is 0 Å². The molecule has 1 fully saturated rings. The third kappa shape index (κ3) is 5.93. The van der Waals surface area contributed by atoms with E-state index in [1.807, 2.05) is 0 Å². The van der Waals surface area contributed by atoms with Crippen LogP contribution in [-0.2, 0) is 18.9 Å². The molecular weight excluding hydrogens is 430 g/mol. The van der Waals surface area contributed by atoms with Crippen molar-refractivity contribution in [3.8, 4) is 0 Å². The maximum atomic E-state index is 13.4. The average molecular weight is 450 g/mol. The summed E-state index contributed by atoms with van der Waals surface area (Å²) in [6, 6.07) is -0.344. The van der Waals surface area contributed by atoms with E-state index >= 15 is 0 Å². The fourth-order valence-corrected chi connectivity index (χ4v) is 3.28. The Balaban J connectivity index is 1.79. The van der Waals surface area contributed by atoms with Crippen molar-refractivity contribution < 1.29 is 31.4 Å². The molecule has 13 heteroatoms. The maximum absolute atomic E-state index is 13.4. The SMILES string of the molecule is CC1(O)CCC(Nc2nc(NCc3cncnc3C(F)(F)F)ncc2C(F)(F)F)CC1. The topological polar surface area (TPSA) is 95.8 Å². The largest absolute Gasteiger partial charge is 0.433 e.